The molecule has 5 heteroatoms. The molecule has 0 radical (unpaired) electrons. The van der Waals surface area contributed by atoms with Gasteiger partial charge in [0.25, 0.3) is 0 Å². The zero-order valence-electron chi connectivity index (χ0n) is 12.1. The van der Waals surface area contributed by atoms with Gasteiger partial charge in [-0.15, -0.1) is 0 Å². The van der Waals surface area contributed by atoms with Crippen molar-refractivity contribution in [1.29, 1.82) is 0 Å². The predicted octanol–water partition coefficient (Wildman–Crippen LogP) is 2.39. The van der Waals surface area contributed by atoms with E-state index in [4.69, 9.17) is 5.11 Å². The number of aliphatic carboxylic acids is 1. The number of hydrogen-bond donors (Lipinski definition) is 3. The van der Waals surface area contributed by atoms with E-state index in [1.54, 1.807) is 0 Å². The number of fused-ring (bicyclic) bond motifs is 1. The van der Waals surface area contributed by atoms with Gasteiger partial charge in [0.05, 0.1) is 0 Å². The summed E-state index contributed by atoms with van der Waals surface area (Å²) in [5, 5.41) is 12.4. The van der Waals surface area contributed by atoms with Crippen LogP contribution in [0.25, 0.3) is 10.9 Å². The number of benzene rings is 1. The van der Waals surface area contributed by atoms with Crippen molar-refractivity contribution >= 4 is 22.8 Å². The molecule has 0 fully saturated rings. The average Bonchev–Trinajstić information content (AvgIpc) is 2.86. The minimum absolute atomic E-state index is 0.0395. The number of para-hydroxylation sites is 1. The lowest BCUT2D eigenvalue weighted by atomic mass is 10.1. The summed E-state index contributed by atoms with van der Waals surface area (Å²) in [4.78, 5) is 25.3. The Bertz CT molecular complexity index is 646. The second-order valence-electron chi connectivity index (χ2n) is 5.16. The Morgan fingerprint density at radius 2 is 2.10 bits per heavy atom. The van der Waals surface area contributed by atoms with Gasteiger partial charge in [0, 0.05) is 36.5 Å². The summed E-state index contributed by atoms with van der Waals surface area (Å²) in [6.45, 7) is 2.47. The van der Waals surface area contributed by atoms with Crippen LogP contribution >= 0.6 is 0 Å². The Hall–Kier alpha value is -2.30. The Morgan fingerprint density at radius 3 is 2.86 bits per heavy atom. The van der Waals surface area contributed by atoms with E-state index in [1.807, 2.05) is 12.3 Å². The first-order valence-electron chi connectivity index (χ1n) is 7.12. The number of amides is 1. The van der Waals surface area contributed by atoms with E-state index in [1.165, 1.54) is 5.56 Å². The minimum Gasteiger partial charge on any atom is -0.481 e. The molecule has 0 saturated heterocycles. The van der Waals surface area contributed by atoms with Gasteiger partial charge < -0.3 is 15.4 Å². The molecule has 112 valence electrons. The van der Waals surface area contributed by atoms with E-state index in [9.17, 15) is 9.59 Å². The molecule has 3 N–H and O–H groups in total. The zero-order chi connectivity index (χ0) is 15.2. The van der Waals surface area contributed by atoms with Crippen LogP contribution in [0, 0.1) is 6.92 Å². The summed E-state index contributed by atoms with van der Waals surface area (Å²) >= 11 is 0. The molecule has 0 bridgehead atoms. The second-order valence-corrected chi connectivity index (χ2v) is 5.16. The van der Waals surface area contributed by atoms with Crippen LogP contribution in [0.2, 0.25) is 0 Å². The van der Waals surface area contributed by atoms with Crippen molar-refractivity contribution < 1.29 is 14.7 Å². The molecule has 0 spiro atoms. The molecule has 1 amide bonds. The summed E-state index contributed by atoms with van der Waals surface area (Å²) in [5.74, 6) is -0.874. The summed E-state index contributed by atoms with van der Waals surface area (Å²) in [6.07, 6.45) is 3.59. The summed E-state index contributed by atoms with van der Waals surface area (Å²) in [7, 11) is 0. The van der Waals surface area contributed by atoms with Gasteiger partial charge in [-0.1, -0.05) is 18.2 Å². The number of carbonyl (C=O) groups is 2. The normalized spacial score (nSPS) is 10.7. The third kappa shape index (κ3) is 4.08. The number of carboxylic acids is 1. The molecule has 1 heterocycles. The molecule has 0 unspecified atom stereocenters. The Labute approximate surface area is 123 Å². The largest absolute Gasteiger partial charge is 0.481 e. The molecule has 1 aromatic heterocycles. The number of aryl methyl sites for hydroxylation is 2. The lowest BCUT2D eigenvalue weighted by Crippen LogP contribution is -2.25. The molecule has 0 aliphatic rings. The summed E-state index contributed by atoms with van der Waals surface area (Å²) in [5.41, 5.74) is 3.45. The number of carbonyl (C=O) groups excluding carboxylic acids is 1. The van der Waals surface area contributed by atoms with Gasteiger partial charge in [0.15, 0.2) is 0 Å². The SMILES string of the molecule is Cc1cccc2c(CCC(=O)NCCCC(=O)O)c[nH]c12. The predicted molar refractivity (Wildman–Crippen MR) is 81.2 cm³/mol. The Balaban J connectivity index is 1.83. The van der Waals surface area contributed by atoms with Gasteiger partial charge in [-0.3, -0.25) is 9.59 Å². The number of nitrogens with one attached hydrogen (secondary N) is 2. The van der Waals surface area contributed by atoms with Crippen LogP contribution in [0.3, 0.4) is 0 Å². The number of hydrogen-bond acceptors (Lipinski definition) is 2. The molecular weight excluding hydrogens is 268 g/mol. The van der Waals surface area contributed by atoms with E-state index < -0.39 is 5.97 Å². The number of H-pyrrole nitrogens is 1. The van der Waals surface area contributed by atoms with Gasteiger partial charge in [0.2, 0.25) is 5.91 Å². The van der Waals surface area contributed by atoms with Crippen molar-refractivity contribution in [3.63, 3.8) is 0 Å². The molecule has 0 aliphatic carbocycles. The minimum atomic E-state index is -0.835. The first-order valence-corrected chi connectivity index (χ1v) is 7.12. The fourth-order valence-electron chi connectivity index (χ4n) is 2.37. The fraction of sp³-hybridized carbons (Fsp3) is 0.375. The molecule has 2 aromatic rings. The smallest absolute Gasteiger partial charge is 0.303 e. The highest BCUT2D eigenvalue weighted by molar-refractivity contribution is 5.86. The summed E-state index contributed by atoms with van der Waals surface area (Å²) < 4.78 is 0. The van der Waals surface area contributed by atoms with Crippen LogP contribution in [-0.2, 0) is 16.0 Å². The van der Waals surface area contributed by atoms with Crippen LogP contribution in [-0.4, -0.2) is 28.5 Å². The molecule has 2 rings (SSSR count). The second kappa shape index (κ2) is 6.92. The molecule has 0 aliphatic heterocycles. The van der Waals surface area contributed by atoms with E-state index in [0.29, 0.717) is 25.8 Å². The lowest BCUT2D eigenvalue weighted by Gasteiger charge is -2.04. The summed E-state index contributed by atoms with van der Waals surface area (Å²) in [6, 6.07) is 6.12. The van der Waals surface area contributed by atoms with Crippen molar-refractivity contribution in [3.8, 4) is 0 Å². The van der Waals surface area contributed by atoms with Gasteiger partial charge in [-0.2, -0.15) is 0 Å². The maximum Gasteiger partial charge on any atom is 0.303 e. The van der Waals surface area contributed by atoms with Crippen molar-refractivity contribution in [3.05, 3.63) is 35.5 Å². The van der Waals surface area contributed by atoms with Crippen LogP contribution in [0.4, 0.5) is 0 Å². The van der Waals surface area contributed by atoms with Crippen molar-refractivity contribution in [2.75, 3.05) is 6.54 Å². The number of aromatic amines is 1. The monoisotopic (exact) mass is 288 g/mol. The topological polar surface area (TPSA) is 82.2 Å². The quantitative estimate of drug-likeness (QED) is 0.684. The Morgan fingerprint density at radius 1 is 1.29 bits per heavy atom. The van der Waals surface area contributed by atoms with Crippen LogP contribution in [0.15, 0.2) is 24.4 Å². The maximum atomic E-state index is 11.7. The van der Waals surface area contributed by atoms with E-state index >= 15 is 0 Å². The standard InChI is InChI=1S/C16H20N2O3/c1-11-4-2-5-13-12(10-18-16(11)13)7-8-14(19)17-9-3-6-15(20)21/h2,4-5,10,18H,3,6-9H2,1H3,(H,17,19)(H,20,21). The molecule has 5 nitrogen and oxygen atoms in total. The van der Waals surface area contributed by atoms with E-state index in [0.717, 1.165) is 16.5 Å². The third-order valence-electron chi connectivity index (χ3n) is 3.52. The van der Waals surface area contributed by atoms with Gasteiger partial charge in [-0.25, -0.2) is 0 Å². The highest BCUT2D eigenvalue weighted by atomic mass is 16.4. The fourth-order valence-corrected chi connectivity index (χ4v) is 2.37. The van der Waals surface area contributed by atoms with Crippen molar-refractivity contribution in [2.24, 2.45) is 0 Å². The highest BCUT2D eigenvalue weighted by Gasteiger charge is 2.08. The Kier molecular flexibility index (Phi) is 4.98. The molecule has 21 heavy (non-hydrogen) atoms. The highest BCUT2D eigenvalue weighted by Crippen LogP contribution is 2.22. The van der Waals surface area contributed by atoms with Crippen LogP contribution < -0.4 is 5.32 Å². The molecule has 0 saturated carbocycles. The zero-order valence-corrected chi connectivity index (χ0v) is 12.1. The van der Waals surface area contributed by atoms with Gasteiger partial charge >= 0.3 is 5.97 Å². The van der Waals surface area contributed by atoms with E-state index in [2.05, 4.69) is 29.4 Å². The molecule has 0 atom stereocenters. The third-order valence-corrected chi connectivity index (χ3v) is 3.52. The van der Waals surface area contributed by atoms with Gasteiger partial charge in [-0.05, 0) is 30.9 Å². The number of carboxylic acid groups (broad SMARTS) is 1. The van der Waals surface area contributed by atoms with Gasteiger partial charge in [0.1, 0.15) is 0 Å². The average molecular weight is 288 g/mol. The first kappa shape index (κ1) is 15.1. The lowest BCUT2D eigenvalue weighted by molar-refractivity contribution is -0.137. The van der Waals surface area contributed by atoms with Crippen LogP contribution in [0.1, 0.15) is 30.4 Å². The molecule has 1 aromatic carbocycles. The number of aromatic nitrogens is 1. The maximum absolute atomic E-state index is 11.7. The van der Waals surface area contributed by atoms with E-state index in [-0.39, 0.29) is 12.3 Å². The first-order chi connectivity index (χ1) is 10.1. The van der Waals surface area contributed by atoms with Crippen LogP contribution in [0.5, 0.6) is 0 Å². The van der Waals surface area contributed by atoms with Crippen molar-refractivity contribution in [1.82, 2.24) is 10.3 Å². The number of rotatable bonds is 7. The van der Waals surface area contributed by atoms with Crippen molar-refractivity contribution in [2.45, 2.75) is 32.6 Å². The molecular formula is C16H20N2O3.